The average Bonchev–Trinajstić information content (AvgIpc) is 3.09. The molecule has 0 unspecified atom stereocenters. The van der Waals surface area contributed by atoms with E-state index in [0.717, 1.165) is 63.0 Å². The van der Waals surface area contributed by atoms with E-state index in [1.165, 1.54) is 11.1 Å². The molecule has 2 N–H and O–H groups in total. The van der Waals surface area contributed by atoms with Gasteiger partial charge in [0.2, 0.25) is 6.79 Å². The van der Waals surface area contributed by atoms with E-state index < -0.39 is 0 Å². The van der Waals surface area contributed by atoms with Crippen molar-refractivity contribution in [2.75, 3.05) is 40.1 Å². The Kier molecular flexibility index (Phi) is 8.33. The second kappa shape index (κ2) is 10.5. The van der Waals surface area contributed by atoms with Crippen molar-refractivity contribution in [3.05, 3.63) is 35.4 Å². The van der Waals surface area contributed by atoms with Crippen LogP contribution in [-0.2, 0) is 11.2 Å². The van der Waals surface area contributed by atoms with E-state index >= 15 is 0 Å². The lowest BCUT2D eigenvalue weighted by molar-refractivity contribution is 0.153. The highest BCUT2D eigenvalue weighted by Gasteiger charge is 2.13. The largest absolute Gasteiger partial charge is 0.454 e. The molecule has 0 amide bonds. The molecule has 0 spiro atoms. The Morgan fingerprint density at radius 2 is 1.92 bits per heavy atom. The Bertz CT molecular complexity index is 620. The molecule has 2 aliphatic heterocycles. The highest BCUT2D eigenvalue weighted by molar-refractivity contribution is 14.0. The first-order valence-corrected chi connectivity index (χ1v) is 8.44. The Morgan fingerprint density at radius 3 is 2.68 bits per heavy atom. The molecule has 138 valence electrons. The molecule has 7 heteroatoms. The van der Waals surface area contributed by atoms with Crippen molar-refractivity contribution in [3.8, 4) is 11.5 Å². The summed E-state index contributed by atoms with van der Waals surface area (Å²) in [7, 11) is 1.80. The molecule has 1 aromatic carbocycles. The fourth-order valence-electron chi connectivity index (χ4n) is 2.78. The van der Waals surface area contributed by atoms with Gasteiger partial charge in [-0.1, -0.05) is 17.7 Å². The first-order chi connectivity index (χ1) is 11.8. The number of nitrogens with one attached hydrogen (secondary N) is 2. The number of nitrogens with zero attached hydrogens (tertiary/aromatic N) is 1. The van der Waals surface area contributed by atoms with Crippen molar-refractivity contribution in [2.45, 2.75) is 19.3 Å². The number of rotatable bonds is 6. The topological polar surface area (TPSA) is 64.1 Å². The molecule has 0 radical (unpaired) electrons. The lowest BCUT2D eigenvalue weighted by Gasteiger charge is -2.15. The summed E-state index contributed by atoms with van der Waals surface area (Å²) in [6.45, 7) is 3.60. The standard InChI is InChI=1S/C18H25N3O3.HI/c1-19-18(20-8-4-14-6-10-22-11-7-14)21-9-5-15-2-3-16-17(12-15)24-13-23-16;/h2-3,6,12H,4-5,7-11,13H2,1H3,(H2,19,20,21);1H. The highest BCUT2D eigenvalue weighted by Crippen LogP contribution is 2.32. The van der Waals surface area contributed by atoms with Gasteiger partial charge in [-0.2, -0.15) is 0 Å². The van der Waals surface area contributed by atoms with E-state index in [1.807, 2.05) is 12.1 Å². The van der Waals surface area contributed by atoms with Crippen molar-refractivity contribution in [2.24, 2.45) is 4.99 Å². The number of guanidine groups is 1. The molecule has 0 saturated carbocycles. The van der Waals surface area contributed by atoms with Crippen molar-refractivity contribution < 1.29 is 14.2 Å². The monoisotopic (exact) mass is 459 g/mol. The number of halogens is 1. The van der Waals surface area contributed by atoms with Gasteiger partial charge in [-0.15, -0.1) is 24.0 Å². The maximum atomic E-state index is 5.41. The van der Waals surface area contributed by atoms with Crippen LogP contribution < -0.4 is 20.1 Å². The van der Waals surface area contributed by atoms with E-state index in [2.05, 4.69) is 27.8 Å². The zero-order valence-corrected chi connectivity index (χ0v) is 16.9. The minimum Gasteiger partial charge on any atom is -0.454 e. The lowest BCUT2D eigenvalue weighted by Crippen LogP contribution is -2.38. The molecule has 2 aliphatic rings. The van der Waals surface area contributed by atoms with Crippen LogP contribution in [0.1, 0.15) is 18.4 Å². The summed E-state index contributed by atoms with van der Waals surface area (Å²) in [6, 6.07) is 6.08. The van der Waals surface area contributed by atoms with Crippen LogP contribution in [-0.4, -0.2) is 46.1 Å². The molecule has 1 aromatic rings. The normalized spacial score (nSPS) is 16.0. The van der Waals surface area contributed by atoms with Gasteiger partial charge < -0.3 is 24.8 Å². The summed E-state index contributed by atoms with van der Waals surface area (Å²) >= 11 is 0. The summed E-state index contributed by atoms with van der Waals surface area (Å²) < 4.78 is 16.1. The van der Waals surface area contributed by atoms with Gasteiger partial charge in [-0.25, -0.2) is 0 Å². The SMILES string of the molecule is CN=C(NCCC1=CCOCC1)NCCc1ccc2c(c1)OCO2.I. The quantitative estimate of drug-likeness (QED) is 0.296. The van der Waals surface area contributed by atoms with Crippen molar-refractivity contribution in [3.63, 3.8) is 0 Å². The van der Waals surface area contributed by atoms with Crippen molar-refractivity contribution in [1.29, 1.82) is 0 Å². The molecule has 0 saturated heterocycles. The molecule has 3 rings (SSSR count). The molecule has 0 atom stereocenters. The summed E-state index contributed by atoms with van der Waals surface area (Å²) in [5.41, 5.74) is 2.68. The highest BCUT2D eigenvalue weighted by atomic mass is 127. The Morgan fingerprint density at radius 1 is 1.12 bits per heavy atom. The third kappa shape index (κ3) is 6.07. The van der Waals surface area contributed by atoms with E-state index in [9.17, 15) is 0 Å². The molecule has 0 aromatic heterocycles. The fourth-order valence-corrected chi connectivity index (χ4v) is 2.78. The van der Waals surface area contributed by atoms with Gasteiger partial charge in [-0.3, -0.25) is 4.99 Å². The third-order valence-electron chi connectivity index (χ3n) is 4.16. The van der Waals surface area contributed by atoms with Gasteiger partial charge in [0.1, 0.15) is 0 Å². The van der Waals surface area contributed by atoms with Gasteiger partial charge in [0.25, 0.3) is 0 Å². The van der Waals surface area contributed by atoms with Crippen molar-refractivity contribution >= 4 is 29.9 Å². The van der Waals surface area contributed by atoms with Gasteiger partial charge in [0, 0.05) is 20.1 Å². The molecular weight excluding hydrogens is 433 g/mol. The summed E-state index contributed by atoms with van der Waals surface area (Å²) in [5.74, 6) is 2.50. The second-order valence-corrected chi connectivity index (χ2v) is 5.80. The Balaban J connectivity index is 0.00000225. The van der Waals surface area contributed by atoms with E-state index in [-0.39, 0.29) is 24.0 Å². The van der Waals surface area contributed by atoms with E-state index in [1.54, 1.807) is 7.05 Å². The van der Waals surface area contributed by atoms with Crippen LogP contribution in [0.5, 0.6) is 11.5 Å². The molecular formula is C18H26IN3O3. The van der Waals surface area contributed by atoms with Gasteiger partial charge in [0.05, 0.1) is 13.2 Å². The van der Waals surface area contributed by atoms with Crippen LogP contribution in [0.2, 0.25) is 0 Å². The first-order valence-electron chi connectivity index (χ1n) is 8.44. The van der Waals surface area contributed by atoms with E-state index in [4.69, 9.17) is 14.2 Å². The maximum Gasteiger partial charge on any atom is 0.231 e. The zero-order chi connectivity index (χ0) is 16.6. The maximum absolute atomic E-state index is 5.41. The Hall–Kier alpha value is -1.48. The molecule has 2 heterocycles. The predicted molar refractivity (Wildman–Crippen MR) is 109 cm³/mol. The number of fused-ring (bicyclic) bond motifs is 1. The Labute approximate surface area is 166 Å². The number of benzene rings is 1. The van der Waals surface area contributed by atoms with Crippen LogP contribution in [0, 0.1) is 0 Å². The average molecular weight is 459 g/mol. The molecule has 25 heavy (non-hydrogen) atoms. The number of hydrogen-bond donors (Lipinski definition) is 2. The zero-order valence-electron chi connectivity index (χ0n) is 14.5. The third-order valence-corrected chi connectivity index (χ3v) is 4.16. The van der Waals surface area contributed by atoms with Crippen LogP contribution in [0.15, 0.2) is 34.8 Å². The summed E-state index contributed by atoms with van der Waals surface area (Å²) in [4.78, 5) is 4.27. The smallest absolute Gasteiger partial charge is 0.231 e. The molecule has 0 bridgehead atoms. The molecule has 0 fully saturated rings. The second-order valence-electron chi connectivity index (χ2n) is 5.80. The fraction of sp³-hybridized carbons (Fsp3) is 0.500. The van der Waals surface area contributed by atoms with Crippen LogP contribution in [0.3, 0.4) is 0 Å². The van der Waals surface area contributed by atoms with E-state index in [0.29, 0.717) is 6.79 Å². The minimum absolute atomic E-state index is 0. The lowest BCUT2D eigenvalue weighted by atomic mass is 10.1. The number of ether oxygens (including phenoxy) is 3. The molecule has 0 aliphatic carbocycles. The van der Waals surface area contributed by atoms with Gasteiger partial charge >= 0.3 is 0 Å². The molecule has 6 nitrogen and oxygen atoms in total. The predicted octanol–water partition coefficient (Wildman–Crippen LogP) is 2.48. The van der Waals surface area contributed by atoms with Crippen LogP contribution in [0.4, 0.5) is 0 Å². The van der Waals surface area contributed by atoms with Gasteiger partial charge in [-0.05, 0) is 37.0 Å². The van der Waals surface area contributed by atoms with Gasteiger partial charge in [0.15, 0.2) is 17.5 Å². The minimum atomic E-state index is 0. The summed E-state index contributed by atoms with van der Waals surface area (Å²) in [6.07, 6.45) is 5.16. The van der Waals surface area contributed by atoms with Crippen LogP contribution >= 0.6 is 24.0 Å². The van der Waals surface area contributed by atoms with Crippen molar-refractivity contribution in [1.82, 2.24) is 10.6 Å². The number of aliphatic imine (C=N–C) groups is 1. The number of hydrogen-bond acceptors (Lipinski definition) is 4. The van der Waals surface area contributed by atoms with Crippen LogP contribution in [0.25, 0.3) is 0 Å². The summed E-state index contributed by atoms with van der Waals surface area (Å²) in [5, 5.41) is 6.70. The first kappa shape index (κ1) is 19.8.